The van der Waals surface area contributed by atoms with Gasteiger partial charge in [-0.1, -0.05) is 50.2 Å². The van der Waals surface area contributed by atoms with Gasteiger partial charge in [0.2, 0.25) is 5.91 Å². The Bertz CT molecular complexity index is 667. The first kappa shape index (κ1) is 20.8. The number of carbonyl (C=O) groups excluding carboxylic acids is 1. The van der Waals surface area contributed by atoms with Crippen LogP contribution < -0.4 is 10.1 Å². The monoisotopic (exact) mass is 368 g/mol. The van der Waals surface area contributed by atoms with E-state index in [4.69, 9.17) is 4.74 Å². The van der Waals surface area contributed by atoms with Crippen molar-refractivity contribution in [1.82, 2.24) is 4.90 Å². The molecule has 0 saturated heterocycles. The fourth-order valence-electron chi connectivity index (χ4n) is 3.00. The molecule has 0 aliphatic heterocycles. The Morgan fingerprint density at radius 3 is 2.44 bits per heavy atom. The molecule has 2 rings (SSSR count). The van der Waals surface area contributed by atoms with E-state index in [0.717, 1.165) is 50.2 Å². The van der Waals surface area contributed by atoms with Crippen molar-refractivity contribution < 1.29 is 9.53 Å². The molecule has 0 bridgehead atoms. The van der Waals surface area contributed by atoms with E-state index in [-0.39, 0.29) is 5.91 Å². The fraction of sp³-hybridized carbons (Fsp3) is 0.435. The molecule has 0 fully saturated rings. The van der Waals surface area contributed by atoms with Crippen molar-refractivity contribution in [2.75, 3.05) is 31.6 Å². The fourth-order valence-corrected chi connectivity index (χ4v) is 3.00. The Morgan fingerprint density at radius 1 is 1.00 bits per heavy atom. The second-order valence-electron chi connectivity index (χ2n) is 6.70. The number of aryl methyl sites for hydroxylation is 1. The molecule has 0 aliphatic carbocycles. The Balaban J connectivity index is 1.76. The second kappa shape index (κ2) is 12.0. The van der Waals surface area contributed by atoms with Gasteiger partial charge >= 0.3 is 0 Å². The summed E-state index contributed by atoms with van der Waals surface area (Å²) >= 11 is 0. The van der Waals surface area contributed by atoms with E-state index in [0.29, 0.717) is 13.2 Å². The highest BCUT2D eigenvalue weighted by atomic mass is 16.5. The van der Waals surface area contributed by atoms with Gasteiger partial charge in [-0.25, -0.2) is 0 Å². The molecule has 0 aliphatic rings. The molecule has 0 unspecified atom stereocenters. The van der Waals surface area contributed by atoms with Crippen LogP contribution >= 0.6 is 0 Å². The van der Waals surface area contributed by atoms with Gasteiger partial charge in [-0.15, -0.1) is 0 Å². The van der Waals surface area contributed by atoms with Crippen LogP contribution in [0.2, 0.25) is 0 Å². The average Bonchev–Trinajstić information content (AvgIpc) is 2.70. The number of anilines is 1. The lowest BCUT2D eigenvalue weighted by atomic mass is 10.1. The standard InChI is InChI=1S/C23H32N2O2/c1-3-15-25(16-4-2)23(26)19-24-21-13-8-14-22(18-21)27-17-9-12-20-10-6-5-7-11-20/h5-8,10-11,13-14,18,24H,3-4,9,12,15-17,19H2,1-2H3. The molecule has 0 aromatic heterocycles. The van der Waals surface area contributed by atoms with Crippen LogP contribution in [-0.2, 0) is 11.2 Å². The Kier molecular flexibility index (Phi) is 9.25. The molecule has 4 nitrogen and oxygen atoms in total. The van der Waals surface area contributed by atoms with Crippen LogP contribution in [0.15, 0.2) is 54.6 Å². The molecule has 0 saturated carbocycles. The maximum Gasteiger partial charge on any atom is 0.241 e. The van der Waals surface area contributed by atoms with Gasteiger partial charge in [-0.05, 0) is 43.4 Å². The zero-order valence-electron chi connectivity index (χ0n) is 16.6. The molecule has 146 valence electrons. The number of benzene rings is 2. The third-order valence-corrected chi connectivity index (χ3v) is 4.34. The maximum absolute atomic E-state index is 12.4. The molecule has 0 atom stereocenters. The van der Waals surface area contributed by atoms with Crippen LogP contribution in [0.1, 0.15) is 38.7 Å². The number of hydrogen-bond acceptors (Lipinski definition) is 3. The summed E-state index contributed by atoms with van der Waals surface area (Å²) in [5, 5.41) is 3.23. The van der Waals surface area contributed by atoms with Gasteiger partial charge < -0.3 is 15.0 Å². The molecule has 2 aromatic carbocycles. The summed E-state index contributed by atoms with van der Waals surface area (Å²) in [6.45, 7) is 6.83. The lowest BCUT2D eigenvalue weighted by molar-refractivity contribution is -0.129. The van der Waals surface area contributed by atoms with Gasteiger partial charge in [-0.2, -0.15) is 0 Å². The third kappa shape index (κ3) is 7.73. The molecule has 2 aromatic rings. The Morgan fingerprint density at radius 2 is 1.74 bits per heavy atom. The number of hydrogen-bond donors (Lipinski definition) is 1. The summed E-state index contributed by atoms with van der Waals surface area (Å²) < 4.78 is 5.86. The SMILES string of the molecule is CCCN(CCC)C(=O)CNc1cccc(OCCCc2ccccc2)c1. The molecule has 0 radical (unpaired) electrons. The van der Waals surface area contributed by atoms with E-state index < -0.39 is 0 Å². The van der Waals surface area contributed by atoms with E-state index in [9.17, 15) is 4.79 Å². The quantitative estimate of drug-likeness (QED) is 0.549. The van der Waals surface area contributed by atoms with Crippen molar-refractivity contribution in [3.8, 4) is 5.75 Å². The topological polar surface area (TPSA) is 41.6 Å². The summed E-state index contributed by atoms with van der Waals surface area (Å²) in [5.74, 6) is 0.979. The molecule has 0 spiro atoms. The first-order valence-electron chi connectivity index (χ1n) is 10.0. The number of ether oxygens (including phenoxy) is 1. The zero-order valence-corrected chi connectivity index (χ0v) is 16.6. The van der Waals surface area contributed by atoms with E-state index in [1.54, 1.807) is 0 Å². The highest BCUT2D eigenvalue weighted by Gasteiger charge is 2.11. The van der Waals surface area contributed by atoms with E-state index in [1.807, 2.05) is 35.2 Å². The van der Waals surface area contributed by atoms with Gasteiger partial charge in [0.25, 0.3) is 0 Å². The molecule has 4 heteroatoms. The normalized spacial score (nSPS) is 10.4. The Hall–Kier alpha value is -2.49. The van der Waals surface area contributed by atoms with E-state index in [2.05, 4.69) is 43.4 Å². The van der Waals surface area contributed by atoms with Crippen molar-refractivity contribution in [3.63, 3.8) is 0 Å². The number of amides is 1. The van der Waals surface area contributed by atoms with Crippen molar-refractivity contribution in [1.29, 1.82) is 0 Å². The molecule has 1 N–H and O–H groups in total. The van der Waals surface area contributed by atoms with Crippen molar-refractivity contribution in [3.05, 3.63) is 60.2 Å². The summed E-state index contributed by atoms with van der Waals surface area (Å²) in [6, 6.07) is 18.3. The van der Waals surface area contributed by atoms with E-state index in [1.165, 1.54) is 5.56 Å². The van der Waals surface area contributed by atoms with Gasteiger partial charge in [0, 0.05) is 24.8 Å². The van der Waals surface area contributed by atoms with Crippen LogP contribution in [0.4, 0.5) is 5.69 Å². The number of nitrogens with zero attached hydrogens (tertiary/aromatic N) is 1. The van der Waals surface area contributed by atoms with Crippen molar-refractivity contribution >= 4 is 11.6 Å². The number of nitrogens with one attached hydrogen (secondary N) is 1. The van der Waals surface area contributed by atoms with Crippen molar-refractivity contribution in [2.24, 2.45) is 0 Å². The van der Waals surface area contributed by atoms with Crippen molar-refractivity contribution in [2.45, 2.75) is 39.5 Å². The van der Waals surface area contributed by atoms with Gasteiger partial charge in [0.15, 0.2) is 0 Å². The molecule has 27 heavy (non-hydrogen) atoms. The first-order chi connectivity index (χ1) is 13.2. The van der Waals surface area contributed by atoms with Crippen LogP contribution in [0.3, 0.4) is 0 Å². The summed E-state index contributed by atoms with van der Waals surface area (Å²) in [5.41, 5.74) is 2.25. The Labute approximate surface area is 163 Å². The van der Waals surface area contributed by atoms with Gasteiger partial charge in [0.1, 0.15) is 5.75 Å². The predicted molar refractivity (Wildman–Crippen MR) is 112 cm³/mol. The minimum Gasteiger partial charge on any atom is -0.494 e. The van der Waals surface area contributed by atoms with Crippen LogP contribution in [0.25, 0.3) is 0 Å². The molecule has 0 heterocycles. The van der Waals surface area contributed by atoms with Crippen LogP contribution in [0.5, 0.6) is 5.75 Å². The first-order valence-corrected chi connectivity index (χ1v) is 10.0. The molecular formula is C23H32N2O2. The van der Waals surface area contributed by atoms with Gasteiger partial charge in [0.05, 0.1) is 13.2 Å². The number of carbonyl (C=O) groups is 1. The lowest BCUT2D eigenvalue weighted by Gasteiger charge is -2.22. The maximum atomic E-state index is 12.4. The van der Waals surface area contributed by atoms with Crippen LogP contribution in [-0.4, -0.2) is 37.0 Å². The summed E-state index contributed by atoms with van der Waals surface area (Å²) in [7, 11) is 0. The summed E-state index contributed by atoms with van der Waals surface area (Å²) in [6.07, 6.45) is 3.96. The smallest absolute Gasteiger partial charge is 0.241 e. The second-order valence-corrected chi connectivity index (χ2v) is 6.70. The van der Waals surface area contributed by atoms with Gasteiger partial charge in [-0.3, -0.25) is 4.79 Å². The highest BCUT2D eigenvalue weighted by Crippen LogP contribution is 2.17. The van der Waals surface area contributed by atoms with E-state index >= 15 is 0 Å². The summed E-state index contributed by atoms with van der Waals surface area (Å²) in [4.78, 5) is 14.3. The highest BCUT2D eigenvalue weighted by molar-refractivity contribution is 5.80. The predicted octanol–water partition coefficient (Wildman–Crippen LogP) is 4.76. The molecular weight excluding hydrogens is 336 g/mol. The lowest BCUT2D eigenvalue weighted by Crippen LogP contribution is -2.36. The minimum atomic E-state index is 0.146. The third-order valence-electron chi connectivity index (χ3n) is 4.34. The average molecular weight is 369 g/mol. The van der Waals surface area contributed by atoms with Crippen LogP contribution in [0, 0.1) is 0 Å². The number of rotatable bonds is 12. The molecule has 1 amide bonds. The largest absolute Gasteiger partial charge is 0.494 e. The minimum absolute atomic E-state index is 0.146. The zero-order chi connectivity index (χ0) is 19.3.